The SMILES string of the molecule is O=C(O)[C@H](Cc1ccc(O)cc1)NOc1ccccc1. The van der Waals surface area contributed by atoms with Gasteiger partial charge in [0.05, 0.1) is 0 Å². The molecule has 0 aliphatic heterocycles. The first kappa shape index (κ1) is 13.9. The third-order valence-electron chi connectivity index (χ3n) is 2.74. The minimum absolute atomic E-state index is 0.147. The summed E-state index contributed by atoms with van der Waals surface area (Å²) < 4.78 is 0. The molecule has 0 aliphatic rings. The van der Waals surface area contributed by atoms with Gasteiger partial charge >= 0.3 is 5.97 Å². The Kier molecular flexibility index (Phi) is 4.57. The van der Waals surface area contributed by atoms with E-state index >= 15 is 0 Å². The van der Waals surface area contributed by atoms with Gasteiger partial charge < -0.3 is 15.1 Å². The summed E-state index contributed by atoms with van der Waals surface area (Å²) >= 11 is 0. The molecule has 0 saturated heterocycles. The molecule has 104 valence electrons. The van der Waals surface area contributed by atoms with Crippen LogP contribution >= 0.6 is 0 Å². The molecule has 0 aromatic heterocycles. The molecular formula is C15H15NO4. The van der Waals surface area contributed by atoms with Gasteiger partial charge in [0.2, 0.25) is 0 Å². The van der Waals surface area contributed by atoms with Crippen molar-refractivity contribution >= 4 is 5.97 Å². The molecule has 2 aromatic carbocycles. The maximum absolute atomic E-state index is 11.2. The van der Waals surface area contributed by atoms with Crippen molar-refractivity contribution in [2.24, 2.45) is 0 Å². The average Bonchev–Trinajstić information content (AvgIpc) is 2.46. The Bertz CT molecular complexity index is 554. The lowest BCUT2D eigenvalue weighted by molar-refractivity contribution is -0.141. The second-order valence-corrected chi connectivity index (χ2v) is 4.29. The van der Waals surface area contributed by atoms with Crippen LogP contribution in [0.2, 0.25) is 0 Å². The van der Waals surface area contributed by atoms with Gasteiger partial charge in [-0.25, -0.2) is 0 Å². The number of carboxylic acids is 1. The topological polar surface area (TPSA) is 78.8 Å². The predicted octanol–water partition coefficient (Wildman–Crippen LogP) is 1.97. The Morgan fingerprint density at radius 1 is 1.10 bits per heavy atom. The smallest absolute Gasteiger partial charge is 0.324 e. The molecule has 0 heterocycles. The first-order valence-corrected chi connectivity index (χ1v) is 6.13. The summed E-state index contributed by atoms with van der Waals surface area (Å²) in [5.74, 6) is -0.312. The molecule has 1 atom stereocenters. The van der Waals surface area contributed by atoms with E-state index in [1.807, 2.05) is 6.07 Å². The second-order valence-electron chi connectivity index (χ2n) is 4.29. The molecule has 0 aliphatic carbocycles. The number of aliphatic carboxylic acids is 1. The van der Waals surface area contributed by atoms with E-state index in [9.17, 15) is 15.0 Å². The number of phenols is 1. The number of hydrogen-bond acceptors (Lipinski definition) is 4. The van der Waals surface area contributed by atoms with Gasteiger partial charge in [-0.2, -0.15) is 0 Å². The summed E-state index contributed by atoms with van der Waals surface area (Å²) in [6, 6.07) is 14.4. The molecule has 3 N–H and O–H groups in total. The number of para-hydroxylation sites is 1. The van der Waals surface area contributed by atoms with E-state index in [0.717, 1.165) is 5.56 Å². The van der Waals surface area contributed by atoms with Gasteiger partial charge in [-0.3, -0.25) is 4.79 Å². The van der Waals surface area contributed by atoms with E-state index in [0.29, 0.717) is 5.75 Å². The van der Waals surface area contributed by atoms with Crippen molar-refractivity contribution in [3.8, 4) is 11.5 Å². The molecule has 0 fully saturated rings. The number of hydrogen-bond donors (Lipinski definition) is 3. The molecule has 5 nitrogen and oxygen atoms in total. The zero-order valence-electron chi connectivity index (χ0n) is 10.7. The van der Waals surface area contributed by atoms with Gasteiger partial charge in [0.25, 0.3) is 0 Å². The third-order valence-corrected chi connectivity index (χ3v) is 2.74. The fourth-order valence-corrected chi connectivity index (χ4v) is 1.67. The normalized spacial score (nSPS) is 11.8. The van der Waals surface area contributed by atoms with Crippen LogP contribution in [0.5, 0.6) is 11.5 Å². The van der Waals surface area contributed by atoms with Crippen molar-refractivity contribution in [1.82, 2.24) is 5.48 Å². The van der Waals surface area contributed by atoms with Crippen LogP contribution < -0.4 is 10.3 Å². The molecule has 5 heteroatoms. The zero-order valence-corrected chi connectivity index (χ0v) is 10.7. The van der Waals surface area contributed by atoms with Gasteiger partial charge in [0.1, 0.15) is 17.5 Å². The summed E-state index contributed by atoms with van der Waals surface area (Å²) in [4.78, 5) is 16.4. The number of phenolic OH excluding ortho intramolecular Hbond substituents is 1. The Balaban J connectivity index is 1.97. The van der Waals surface area contributed by atoms with Gasteiger partial charge in [-0.05, 0) is 29.8 Å². The van der Waals surface area contributed by atoms with Gasteiger partial charge in [0.15, 0.2) is 0 Å². The summed E-state index contributed by atoms with van der Waals surface area (Å²) in [5, 5.41) is 18.4. The molecule has 0 bridgehead atoms. The highest BCUT2D eigenvalue weighted by atomic mass is 16.6. The fourth-order valence-electron chi connectivity index (χ4n) is 1.67. The monoisotopic (exact) mass is 273 g/mol. The highest BCUT2D eigenvalue weighted by Crippen LogP contribution is 2.12. The fraction of sp³-hybridized carbons (Fsp3) is 0.133. The Morgan fingerprint density at radius 3 is 2.35 bits per heavy atom. The standard InChI is InChI=1S/C15H15NO4/c17-12-8-6-11(7-9-12)10-14(15(18)19)16-20-13-4-2-1-3-5-13/h1-9,14,16-17H,10H2,(H,18,19)/t14-/m0/s1. The van der Waals surface area contributed by atoms with E-state index in [2.05, 4.69) is 5.48 Å². The number of carboxylic acid groups (broad SMARTS) is 1. The Labute approximate surface area is 116 Å². The van der Waals surface area contributed by atoms with Gasteiger partial charge in [-0.1, -0.05) is 30.3 Å². The maximum atomic E-state index is 11.2. The van der Waals surface area contributed by atoms with E-state index in [1.54, 1.807) is 36.4 Å². The first-order chi connectivity index (χ1) is 9.65. The van der Waals surface area contributed by atoms with Crippen molar-refractivity contribution in [2.45, 2.75) is 12.5 Å². The lowest BCUT2D eigenvalue weighted by atomic mass is 10.1. The van der Waals surface area contributed by atoms with Crippen LogP contribution in [-0.4, -0.2) is 22.2 Å². The molecule has 2 rings (SSSR count). The summed E-state index contributed by atoms with van der Waals surface area (Å²) in [5.41, 5.74) is 3.33. The largest absolute Gasteiger partial charge is 0.508 e. The van der Waals surface area contributed by atoms with Crippen LogP contribution in [0.25, 0.3) is 0 Å². The maximum Gasteiger partial charge on any atom is 0.324 e. The summed E-state index contributed by atoms with van der Waals surface area (Å²) in [6.45, 7) is 0. The minimum Gasteiger partial charge on any atom is -0.508 e. The van der Waals surface area contributed by atoms with Crippen LogP contribution in [0.4, 0.5) is 0 Å². The summed E-state index contributed by atoms with van der Waals surface area (Å²) in [6.07, 6.45) is 0.252. The molecule has 0 unspecified atom stereocenters. The van der Waals surface area contributed by atoms with Crippen LogP contribution in [0.3, 0.4) is 0 Å². The number of nitrogens with one attached hydrogen (secondary N) is 1. The number of rotatable bonds is 6. The molecular weight excluding hydrogens is 258 g/mol. The predicted molar refractivity (Wildman–Crippen MR) is 73.4 cm³/mol. The third kappa shape index (κ3) is 4.00. The Hall–Kier alpha value is -2.53. The van der Waals surface area contributed by atoms with Crippen LogP contribution in [-0.2, 0) is 11.2 Å². The average molecular weight is 273 g/mol. The van der Waals surface area contributed by atoms with Crippen LogP contribution in [0, 0.1) is 0 Å². The van der Waals surface area contributed by atoms with E-state index in [4.69, 9.17) is 4.84 Å². The molecule has 2 aromatic rings. The lowest BCUT2D eigenvalue weighted by Gasteiger charge is -2.15. The number of aromatic hydroxyl groups is 1. The van der Waals surface area contributed by atoms with Crippen molar-refractivity contribution in [3.05, 3.63) is 60.2 Å². The Morgan fingerprint density at radius 2 is 1.75 bits per heavy atom. The van der Waals surface area contributed by atoms with E-state index in [-0.39, 0.29) is 12.2 Å². The van der Waals surface area contributed by atoms with E-state index < -0.39 is 12.0 Å². The molecule has 0 radical (unpaired) electrons. The number of hydroxylamine groups is 1. The number of carbonyl (C=O) groups is 1. The lowest BCUT2D eigenvalue weighted by Crippen LogP contribution is -2.40. The van der Waals surface area contributed by atoms with Crippen LogP contribution in [0.15, 0.2) is 54.6 Å². The quantitative estimate of drug-likeness (QED) is 0.701. The van der Waals surface area contributed by atoms with Gasteiger partial charge in [-0.15, -0.1) is 5.48 Å². The van der Waals surface area contributed by atoms with E-state index in [1.165, 1.54) is 12.1 Å². The number of benzene rings is 2. The molecule has 20 heavy (non-hydrogen) atoms. The summed E-state index contributed by atoms with van der Waals surface area (Å²) in [7, 11) is 0. The van der Waals surface area contributed by atoms with Crippen molar-refractivity contribution in [3.63, 3.8) is 0 Å². The van der Waals surface area contributed by atoms with Crippen molar-refractivity contribution in [1.29, 1.82) is 0 Å². The van der Waals surface area contributed by atoms with Crippen LogP contribution in [0.1, 0.15) is 5.56 Å². The van der Waals surface area contributed by atoms with Crippen molar-refractivity contribution < 1.29 is 19.8 Å². The highest BCUT2D eigenvalue weighted by molar-refractivity contribution is 5.73. The molecule has 0 saturated carbocycles. The van der Waals surface area contributed by atoms with Gasteiger partial charge in [0, 0.05) is 6.42 Å². The van der Waals surface area contributed by atoms with Crippen molar-refractivity contribution in [2.75, 3.05) is 0 Å². The first-order valence-electron chi connectivity index (χ1n) is 6.13. The second kappa shape index (κ2) is 6.58. The molecule has 0 amide bonds. The highest BCUT2D eigenvalue weighted by Gasteiger charge is 2.18. The minimum atomic E-state index is -1.01. The zero-order chi connectivity index (χ0) is 14.4. The molecule has 0 spiro atoms.